The maximum Gasteiger partial charge on any atom is 0.295 e. The monoisotopic (exact) mass is 309 g/mol. The molecule has 22 heavy (non-hydrogen) atoms. The van der Waals surface area contributed by atoms with Crippen molar-refractivity contribution in [3.63, 3.8) is 0 Å². The molecule has 1 aromatic rings. The number of benzene rings is 1. The van der Waals surface area contributed by atoms with Gasteiger partial charge in [0.15, 0.2) is 5.82 Å². The molecule has 0 bridgehead atoms. The number of nitro groups is 1. The average molecular weight is 309 g/mol. The number of hydrogen-bond acceptors (Lipinski definition) is 5. The van der Waals surface area contributed by atoms with E-state index in [1.807, 2.05) is 9.80 Å². The van der Waals surface area contributed by atoms with Crippen molar-refractivity contribution >= 4 is 17.1 Å². The lowest BCUT2D eigenvalue weighted by Gasteiger charge is -2.32. The Balaban J connectivity index is 1.98. The van der Waals surface area contributed by atoms with Gasteiger partial charge in [-0.15, -0.1) is 0 Å². The summed E-state index contributed by atoms with van der Waals surface area (Å²) in [5.74, 6) is -0.533. The van der Waals surface area contributed by atoms with Crippen LogP contribution >= 0.6 is 0 Å². The summed E-state index contributed by atoms with van der Waals surface area (Å²) in [6.07, 6.45) is 3.17. The van der Waals surface area contributed by atoms with Crippen LogP contribution in [0.15, 0.2) is 12.1 Å². The summed E-state index contributed by atoms with van der Waals surface area (Å²) in [6.45, 7) is 3.89. The fraction of sp³-hybridized carbons (Fsp3) is 0.600. The molecule has 0 aromatic heterocycles. The van der Waals surface area contributed by atoms with Crippen molar-refractivity contribution < 1.29 is 14.1 Å². The van der Waals surface area contributed by atoms with E-state index in [0.29, 0.717) is 37.7 Å². The summed E-state index contributed by atoms with van der Waals surface area (Å²) in [6, 6.07) is 2.71. The standard InChI is InChI=1S/C15H20FN3O3/c16-12-10-15(19(20)21)14(17-4-2-1-3-5-17)11-13(12)18-6-8-22-9-7-18/h10-11H,1-9H2. The maximum atomic E-state index is 14.3. The van der Waals surface area contributed by atoms with E-state index in [1.165, 1.54) is 0 Å². The maximum absolute atomic E-state index is 14.3. The highest BCUT2D eigenvalue weighted by Gasteiger charge is 2.26. The van der Waals surface area contributed by atoms with Gasteiger partial charge in [0.05, 0.1) is 29.9 Å². The van der Waals surface area contributed by atoms with Gasteiger partial charge in [0.2, 0.25) is 0 Å². The van der Waals surface area contributed by atoms with Crippen molar-refractivity contribution in [2.24, 2.45) is 0 Å². The van der Waals surface area contributed by atoms with Crippen molar-refractivity contribution in [2.45, 2.75) is 19.3 Å². The zero-order valence-electron chi connectivity index (χ0n) is 12.5. The van der Waals surface area contributed by atoms with E-state index >= 15 is 0 Å². The first-order valence-corrected chi connectivity index (χ1v) is 7.72. The first kappa shape index (κ1) is 15.0. The molecule has 0 radical (unpaired) electrons. The zero-order valence-corrected chi connectivity index (χ0v) is 12.5. The van der Waals surface area contributed by atoms with Crippen molar-refractivity contribution in [2.75, 3.05) is 49.2 Å². The largest absolute Gasteiger partial charge is 0.378 e. The summed E-state index contributed by atoms with van der Waals surface area (Å²) in [4.78, 5) is 14.7. The van der Waals surface area contributed by atoms with Crippen molar-refractivity contribution in [3.8, 4) is 0 Å². The number of piperidine rings is 1. The highest BCUT2D eigenvalue weighted by Crippen LogP contribution is 2.36. The molecule has 0 amide bonds. The van der Waals surface area contributed by atoms with Gasteiger partial charge in [-0.2, -0.15) is 0 Å². The smallest absolute Gasteiger partial charge is 0.295 e. The van der Waals surface area contributed by atoms with E-state index in [9.17, 15) is 14.5 Å². The Morgan fingerprint density at radius 3 is 2.27 bits per heavy atom. The SMILES string of the molecule is O=[N+]([O-])c1cc(F)c(N2CCOCC2)cc1N1CCCCC1. The Morgan fingerprint density at radius 2 is 1.64 bits per heavy atom. The Morgan fingerprint density at radius 1 is 1.00 bits per heavy atom. The Kier molecular flexibility index (Phi) is 4.42. The molecule has 7 heteroatoms. The lowest BCUT2D eigenvalue weighted by molar-refractivity contribution is -0.384. The molecule has 0 atom stereocenters. The average Bonchev–Trinajstić information content (AvgIpc) is 2.56. The summed E-state index contributed by atoms with van der Waals surface area (Å²) >= 11 is 0. The molecule has 0 N–H and O–H groups in total. The van der Waals surface area contributed by atoms with Crippen LogP contribution in [0.25, 0.3) is 0 Å². The van der Waals surface area contributed by atoms with Crippen LogP contribution in [0.3, 0.4) is 0 Å². The summed E-state index contributed by atoms with van der Waals surface area (Å²) < 4.78 is 19.6. The molecule has 1 aromatic carbocycles. The van der Waals surface area contributed by atoms with Crippen LogP contribution < -0.4 is 9.80 Å². The van der Waals surface area contributed by atoms with Gasteiger partial charge in [-0.3, -0.25) is 10.1 Å². The number of nitro benzene ring substituents is 1. The van der Waals surface area contributed by atoms with Crippen LogP contribution in [0.4, 0.5) is 21.5 Å². The van der Waals surface area contributed by atoms with E-state index < -0.39 is 10.7 Å². The molecule has 2 fully saturated rings. The Labute approximate surface area is 128 Å². The van der Waals surface area contributed by atoms with E-state index in [2.05, 4.69) is 0 Å². The lowest BCUT2D eigenvalue weighted by atomic mass is 10.1. The molecular formula is C15H20FN3O3. The van der Waals surface area contributed by atoms with Gasteiger partial charge < -0.3 is 14.5 Å². The number of anilines is 2. The van der Waals surface area contributed by atoms with Crippen LogP contribution in [0, 0.1) is 15.9 Å². The van der Waals surface area contributed by atoms with Crippen LogP contribution in [0.5, 0.6) is 0 Å². The minimum Gasteiger partial charge on any atom is -0.378 e. The molecule has 3 rings (SSSR count). The fourth-order valence-electron chi connectivity index (χ4n) is 3.12. The first-order valence-electron chi connectivity index (χ1n) is 7.72. The van der Waals surface area contributed by atoms with Crippen molar-refractivity contribution in [1.29, 1.82) is 0 Å². The number of rotatable bonds is 3. The first-order chi connectivity index (χ1) is 10.7. The molecule has 0 saturated carbocycles. The molecule has 2 aliphatic rings. The van der Waals surface area contributed by atoms with Crippen LogP contribution in [-0.2, 0) is 4.74 Å². The second-order valence-corrected chi connectivity index (χ2v) is 5.70. The quantitative estimate of drug-likeness (QED) is 0.634. The summed E-state index contributed by atoms with van der Waals surface area (Å²) in [5.41, 5.74) is 0.832. The second-order valence-electron chi connectivity index (χ2n) is 5.70. The van der Waals surface area contributed by atoms with Crippen LogP contribution in [-0.4, -0.2) is 44.3 Å². The third-order valence-corrected chi connectivity index (χ3v) is 4.29. The predicted octanol–water partition coefficient (Wildman–Crippen LogP) is 2.56. The number of halogens is 1. The molecular weight excluding hydrogens is 289 g/mol. The minimum absolute atomic E-state index is 0.142. The molecule has 0 spiro atoms. The lowest BCUT2D eigenvalue weighted by Crippen LogP contribution is -2.37. The molecule has 2 heterocycles. The van der Waals surface area contributed by atoms with E-state index in [0.717, 1.165) is 38.4 Å². The molecule has 0 unspecified atom stereocenters. The van der Waals surface area contributed by atoms with Gasteiger partial charge in [-0.05, 0) is 25.3 Å². The minimum atomic E-state index is -0.533. The van der Waals surface area contributed by atoms with E-state index in [-0.39, 0.29) is 5.69 Å². The van der Waals surface area contributed by atoms with Gasteiger partial charge in [0.1, 0.15) is 5.69 Å². The topological polar surface area (TPSA) is 58.9 Å². The number of morpholine rings is 1. The molecule has 0 aliphatic carbocycles. The molecule has 120 valence electrons. The number of hydrogen-bond donors (Lipinski definition) is 0. The normalized spacial score (nSPS) is 19.3. The van der Waals surface area contributed by atoms with Gasteiger partial charge in [-0.25, -0.2) is 4.39 Å². The molecule has 2 saturated heterocycles. The predicted molar refractivity (Wildman–Crippen MR) is 82.2 cm³/mol. The van der Waals surface area contributed by atoms with Gasteiger partial charge in [0.25, 0.3) is 5.69 Å². The zero-order chi connectivity index (χ0) is 15.5. The summed E-state index contributed by atoms with van der Waals surface area (Å²) in [5, 5.41) is 11.3. The van der Waals surface area contributed by atoms with Crippen LogP contribution in [0.2, 0.25) is 0 Å². The third-order valence-electron chi connectivity index (χ3n) is 4.29. The number of nitrogens with zero attached hydrogens (tertiary/aromatic N) is 3. The number of ether oxygens (including phenoxy) is 1. The fourth-order valence-corrected chi connectivity index (χ4v) is 3.12. The third kappa shape index (κ3) is 2.99. The molecule has 2 aliphatic heterocycles. The second kappa shape index (κ2) is 6.48. The van der Waals surface area contributed by atoms with Crippen molar-refractivity contribution in [1.82, 2.24) is 0 Å². The Hall–Kier alpha value is -1.89. The van der Waals surface area contributed by atoms with Crippen molar-refractivity contribution in [3.05, 3.63) is 28.1 Å². The van der Waals surface area contributed by atoms with Gasteiger partial charge in [0, 0.05) is 26.2 Å². The highest BCUT2D eigenvalue weighted by molar-refractivity contribution is 5.71. The van der Waals surface area contributed by atoms with E-state index in [4.69, 9.17) is 4.74 Å². The van der Waals surface area contributed by atoms with Gasteiger partial charge in [-0.1, -0.05) is 0 Å². The van der Waals surface area contributed by atoms with E-state index in [1.54, 1.807) is 6.07 Å². The van der Waals surface area contributed by atoms with Crippen LogP contribution in [0.1, 0.15) is 19.3 Å². The highest BCUT2D eigenvalue weighted by atomic mass is 19.1. The van der Waals surface area contributed by atoms with Gasteiger partial charge >= 0.3 is 0 Å². The summed E-state index contributed by atoms with van der Waals surface area (Å²) in [7, 11) is 0. The Bertz CT molecular complexity index is 555. The molecule has 6 nitrogen and oxygen atoms in total.